The van der Waals surface area contributed by atoms with E-state index >= 15 is 0 Å². The molecular weight excluding hydrogens is 436 g/mol. The average molecular weight is 475 g/mol. The van der Waals surface area contributed by atoms with Crippen molar-refractivity contribution in [3.8, 4) is 5.75 Å². The number of aromatic carboxylic acids is 1. The van der Waals surface area contributed by atoms with Crippen LogP contribution in [0.2, 0.25) is 0 Å². The quantitative estimate of drug-likeness (QED) is 0.495. The zero-order valence-corrected chi connectivity index (χ0v) is 21.0. The highest BCUT2D eigenvalue weighted by Gasteiger charge is 2.49. The molecule has 5 rings (SSSR count). The number of ether oxygens (including phenoxy) is 1. The highest BCUT2D eigenvalue weighted by Crippen LogP contribution is 2.51. The Bertz CT molecular complexity index is 1060. The maximum Gasteiger partial charge on any atom is 0.335 e. The van der Waals surface area contributed by atoms with Crippen LogP contribution < -0.4 is 10.1 Å². The fourth-order valence-electron chi connectivity index (χ4n) is 6.27. The van der Waals surface area contributed by atoms with Crippen LogP contribution in [0.4, 0.5) is 0 Å². The summed E-state index contributed by atoms with van der Waals surface area (Å²) in [5, 5.41) is 13.2. The smallest absolute Gasteiger partial charge is 0.335 e. The van der Waals surface area contributed by atoms with Crippen LogP contribution in [-0.2, 0) is 6.54 Å². The van der Waals surface area contributed by atoms with E-state index in [-0.39, 0.29) is 5.56 Å². The predicted octanol–water partition coefficient (Wildman–Crippen LogP) is 5.61. The van der Waals surface area contributed by atoms with Crippen molar-refractivity contribution < 1.29 is 14.6 Å². The van der Waals surface area contributed by atoms with Crippen LogP contribution in [0, 0.1) is 11.3 Å². The summed E-state index contributed by atoms with van der Waals surface area (Å²) in [6.45, 7) is 5.30. The standard InChI is InChI=1S/C30H38N2O3/c1-3-22(15-21-7-5-4-6-8-21)26-17-27(26)31-25-18-30(19-25)11-13-32(14-12-30)20-24-10-9-23(29(33)34)16-28(24)35-2/h4-10,15-16,25-27,31H,3,11-14,17-20H2,1-2H3,(H,33,34)/b22-15+/t26-,27+/m0/s1. The van der Waals surface area contributed by atoms with Gasteiger partial charge in [-0.25, -0.2) is 4.79 Å². The van der Waals surface area contributed by atoms with E-state index in [0.717, 1.165) is 31.6 Å². The third-order valence-electron chi connectivity index (χ3n) is 8.48. The maximum absolute atomic E-state index is 11.2. The summed E-state index contributed by atoms with van der Waals surface area (Å²) >= 11 is 0. The average Bonchev–Trinajstić information content (AvgIpc) is 3.62. The van der Waals surface area contributed by atoms with Gasteiger partial charge in [0.2, 0.25) is 0 Å². The number of rotatable bonds is 9. The normalized spacial score (nSPS) is 24.2. The number of nitrogens with zero attached hydrogens (tertiary/aromatic N) is 1. The Morgan fingerprint density at radius 2 is 1.91 bits per heavy atom. The SMILES string of the molecule is CC/C(=C\c1ccccc1)[C@@H]1C[C@H]1NC1CC2(CCN(Cc3ccc(C(=O)O)cc3OC)CC2)C1. The lowest BCUT2D eigenvalue weighted by atomic mass is 9.60. The number of carboxylic acids is 1. The molecule has 1 saturated heterocycles. The summed E-state index contributed by atoms with van der Waals surface area (Å²) in [6, 6.07) is 17.3. The molecule has 0 radical (unpaired) electrons. The summed E-state index contributed by atoms with van der Waals surface area (Å²) in [4.78, 5) is 13.7. The number of benzene rings is 2. The Balaban J connectivity index is 1.08. The molecule has 0 unspecified atom stereocenters. The van der Waals surface area contributed by atoms with Crippen LogP contribution in [0.1, 0.15) is 66.9 Å². The van der Waals surface area contributed by atoms with Crippen LogP contribution in [0.5, 0.6) is 5.75 Å². The minimum atomic E-state index is -0.918. The van der Waals surface area contributed by atoms with Crippen LogP contribution in [-0.4, -0.2) is 48.3 Å². The molecule has 0 amide bonds. The second-order valence-corrected chi connectivity index (χ2v) is 10.8. The summed E-state index contributed by atoms with van der Waals surface area (Å²) in [6.07, 6.45) is 9.94. The maximum atomic E-state index is 11.2. The van der Waals surface area contributed by atoms with Gasteiger partial charge in [-0.2, -0.15) is 0 Å². The summed E-state index contributed by atoms with van der Waals surface area (Å²) in [5.41, 5.74) is 4.76. The number of hydrogen-bond donors (Lipinski definition) is 2. The van der Waals surface area contributed by atoms with Crippen molar-refractivity contribution in [2.75, 3.05) is 20.2 Å². The van der Waals surface area contributed by atoms with E-state index in [1.165, 1.54) is 37.7 Å². The fraction of sp³-hybridized carbons (Fsp3) is 0.500. The van der Waals surface area contributed by atoms with Crippen LogP contribution in [0.3, 0.4) is 0 Å². The molecule has 186 valence electrons. The number of hydrogen-bond acceptors (Lipinski definition) is 4. The van der Waals surface area contributed by atoms with Crippen LogP contribution in [0.15, 0.2) is 54.1 Å². The van der Waals surface area contributed by atoms with Gasteiger partial charge in [0.1, 0.15) is 5.75 Å². The molecule has 1 spiro atoms. The molecule has 1 heterocycles. The van der Waals surface area contributed by atoms with Crippen LogP contribution in [0.25, 0.3) is 6.08 Å². The van der Waals surface area contributed by atoms with Gasteiger partial charge in [-0.15, -0.1) is 0 Å². The Labute approximate surface area is 209 Å². The van der Waals surface area contributed by atoms with Crippen molar-refractivity contribution in [2.24, 2.45) is 11.3 Å². The van der Waals surface area contributed by atoms with E-state index in [4.69, 9.17) is 4.74 Å². The van der Waals surface area contributed by atoms with Gasteiger partial charge < -0.3 is 15.2 Å². The first-order chi connectivity index (χ1) is 17.0. The van der Waals surface area contributed by atoms with Gasteiger partial charge in [0.15, 0.2) is 0 Å². The topological polar surface area (TPSA) is 61.8 Å². The number of piperidine rings is 1. The van der Waals surface area contributed by atoms with Crippen LogP contribution >= 0.6 is 0 Å². The first-order valence-electron chi connectivity index (χ1n) is 13.1. The largest absolute Gasteiger partial charge is 0.496 e. The Morgan fingerprint density at radius 3 is 2.57 bits per heavy atom. The van der Waals surface area contributed by atoms with Crippen molar-refractivity contribution in [3.63, 3.8) is 0 Å². The summed E-state index contributed by atoms with van der Waals surface area (Å²) in [7, 11) is 1.61. The molecule has 3 aliphatic rings. The monoisotopic (exact) mass is 474 g/mol. The lowest BCUT2D eigenvalue weighted by Gasteiger charge is -2.52. The van der Waals surface area contributed by atoms with Gasteiger partial charge in [0.05, 0.1) is 12.7 Å². The highest BCUT2D eigenvalue weighted by atomic mass is 16.5. The second-order valence-electron chi connectivity index (χ2n) is 10.8. The molecule has 1 aliphatic heterocycles. The van der Waals surface area contributed by atoms with Gasteiger partial charge in [0, 0.05) is 24.2 Å². The zero-order valence-electron chi connectivity index (χ0n) is 21.0. The molecule has 5 nitrogen and oxygen atoms in total. The number of carboxylic acid groups (broad SMARTS) is 1. The minimum absolute atomic E-state index is 0.274. The molecule has 3 fully saturated rings. The Hall–Kier alpha value is -2.63. The third-order valence-corrected chi connectivity index (χ3v) is 8.48. The zero-order chi connectivity index (χ0) is 24.4. The Morgan fingerprint density at radius 1 is 1.17 bits per heavy atom. The van der Waals surface area contributed by atoms with E-state index < -0.39 is 5.97 Å². The number of nitrogens with one attached hydrogen (secondary N) is 1. The molecule has 35 heavy (non-hydrogen) atoms. The van der Waals surface area contributed by atoms with Gasteiger partial charge in [-0.1, -0.05) is 55.0 Å². The number of likely N-dealkylation sites (tertiary alicyclic amines) is 1. The molecular formula is C30H38N2O3. The minimum Gasteiger partial charge on any atom is -0.496 e. The van der Waals surface area contributed by atoms with E-state index in [0.29, 0.717) is 29.2 Å². The first-order valence-corrected chi connectivity index (χ1v) is 13.1. The summed E-state index contributed by atoms with van der Waals surface area (Å²) < 4.78 is 5.47. The van der Waals surface area contributed by atoms with E-state index in [1.54, 1.807) is 24.8 Å². The lowest BCUT2D eigenvalue weighted by molar-refractivity contribution is 0.00280. The van der Waals surface area contributed by atoms with Gasteiger partial charge in [0.25, 0.3) is 0 Å². The molecule has 2 aromatic carbocycles. The molecule has 2 aromatic rings. The van der Waals surface area contributed by atoms with Crippen molar-refractivity contribution >= 4 is 12.0 Å². The van der Waals surface area contributed by atoms with Crippen molar-refractivity contribution in [3.05, 3.63) is 70.8 Å². The van der Waals surface area contributed by atoms with Crippen molar-refractivity contribution in [1.29, 1.82) is 0 Å². The number of methoxy groups -OCH3 is 1. The second kappa shape index (κ2) is 10.2. The van der Waals surface area contributed by atoms with Gasteiger partial charge in [-0.3, -0.25) is 4.90 Å². The fourth-order valence-corrected chi connectivity index (χ4v) is 6.27. The highest BCUT2D eigenvalue weighted by molar-refractivity contribution is 5.88. The molecule has 2 N–H and O–H groups in total. The van der Waals surface area contributed by atoms with E-state index in [1.807, 2.05) is 6.07 Å². The molecule has 0 aromatic heterocycles. The van der Waals surface area contributed by atoms with E-state index in [2.05, 4.69) is 53.5 Å². The summed E-state index contributed by atoms with van der Waals surface area (Å²) in [5.74, 6) is 0.463. The molecule has 2 saturated carbocycles. The van der Waals surface area contributed by atoms with Gasteiger partial charge >= 0.3 is 5.97 Å². The van der Waals surface area contributed by atoms with E-state index in [9.17, 15) is 9.90 Å². The molecule has 2 atom stereocenters. The van der Waals surface area contributed by atoms with Crippen molar-refractivity contribution in [2.45, 2.75) is 64.1 Å². The first kappa shape index (κ1) is 24.1. The molecule has 5 heteroatoms. The lowest BCUT2D eigenvalue weighted by Crippen LogP contribution is -2.54. The Kier molecular flexibility index (Phi) is 6.99. The van der Waals surface area contributed by atoms with Gasteiger partial charge in [-0.05, 0) is 80.6 Å². The third kappa shape index (κ3) is 5.46. The molecule has 2 aliphatic carbocycles. The predicted molar refractivity (Wildman–Crippen MR) is 140 cm³/mol. The van der Waals surface area contributed by atoms with Crippen molar-refractivity contribution in [1.82, 2.24) is 10.2 Å². The number of carbonyl (C=O) groups is 1. The molecule has 0 bridgehead atoms.